The van der Waals surface area contributed by atoms with Gasteiger partial charge in [-0.25, -0.2) is 0 Å². The summed E-state index contributed by atoms with van der Waals surface area (Å²) in [6.45, 7) is 8.76. The van der Waals surface area contributed by atoms with Crippen molar-refractivity contribution in [2.75, 3.05) is 0 Å². The average molecular weight is 921 g/mol. The molecule has 7 heteroatoms. The Morgan fingerprint density at radius 1 is 0.556 bits per heavy atom. The minimum atomic E-state index is -0.569. The molecule has 4 radical (unpaired) electrons. The fourth-order valence-electron chi connectivity index (χ4n) is 4.47. The van der Waals surface area contributed by atoms with Crippen molar-refractivity contribution < 1.29 is 16.5 Å². The first-order valence-corrected chi connectivity index (χ1v) is 23.8. The molecular weight excluding hydrogens is 881 g/mol. The van der Waals surface area contributed by atoms with Crippen molar-refractivity contribution in [1.82, 2.24) is 0 Å². The van der Waals surface area contributed by atoms with Gasteiger partial charge in [0.05, 0.1) is 0 Å². The number of hydrogen-bond acceptors (Lipinski definition) is 4. The zero-order valence-electron chi connectivity index (χ0n) is 26.4. The first-order valence-electron chi connectivity index (χ1n) is 15.2. The van der Waals surface area contributed by atoms with E-state index in [4.69, 9.17) is 50.5 Å². The van der Waals surface area contributed by atoms with Crippen LogP contribution in [0.3, 0.4) is 0 Å². The largest absolute Gasteiger partial charge is 0 e. The van der Waals surface area contributed by atoms with Gasteiger partial charge in [0.25, 0.3) is 0 Å². The molecule has 0 aliphatic heterocycles. The maximum absolute atomic E-state index is 5.74. The number of aryl methyl sites for hydroxylation is 2. The number of unbranched alkanes of at least 4 members (excludes halogenated alkanes) is 2. The third-order valence-corrected chi connectivity index (χ3v) is 16.9. The van der Waals surface area contributed by atoms with Crippen LogP contribution < -0.4 is 7.16 Å². The molecule has 0 aliphatic carbocycles. The van der Waals surface area contributed by atoms with Crippen molar-refractivity contribution >= 4 is 120 Å². The minimum Gasteiger partial charge on any atom is 0 e. The third-order valence-electron chi connectivity index (χ3n) is 7.09. The van der Waals surface area contributed by atoms with Crippen molar-refractivity contribution in [3.63, 3.8) is 0 Å². The maximum atomic E-state index is 5.74. The predicted molar refractivity (Wildman–Crippen MR) is 209 cm³/mol. The van der Waals surface area contributed by atoms with E-state index >= 15 is 0 Å². The molecule has 0 nitrogen and oxygen atoms in total. The molecule has 0 fully saturated rings. The second-order valence-electron chi connectivity index (χ2n) is 10.7. The Morgan fingerprint density at radius 2 is 1.07 bits per heavy atom. The van der Waals surface area contributed by atoms with E-state index in [0.29, 0.717) is 0 Å². The van der Waals surface area contributed by atoms with E-state index < -0.39 is 42.3 Å². The molecule has 0 bridgehead atoms. The summed E-state index contributed by atoms with van der Waals surface area (Å²) in [6, 6.07) is 33.7. The summed E-state index contributed by atoms with van der Waals surface area (Å²) in [5, 5.41) is 0. The zero-order valence-corrected chi connectivity index (χ0v) is 36.4. The van der Waals surface area contributed by atoms with Gasteiger partial charge in [-0.05, 0) is 0 Å². The second kappa shape index (κ2) is 22.1. The van der Waals surface area contributed by atoms with Crippen LogP contribution in [0.2, 0.25) is 8.87 Å². The van der Waals surface area contributed by atoms with Crippen molar-refractivity contribution in [1.29, 1.82) is 0 Å². The summed E-state index contributed by atoms with van der Waals surface area (Å²) < 4.78 is 5.79. The molecule has 0 N–H and O–H groups in total. The average Bonchev–Trinajstić information content (AvgIpc) is 3.06. The number of rotatable bonds is 12. The fourth-order valence-corrected chi connectivity index (χ4v) is 13.4. The monoisotopic (exact) mass is 922 g/mol. The Labute approximate surface area is 325 Å². The first kappa shape index (κ1) is 40.5. The van der Waals surface area contributed by atoms with Crippen molar-refractivity contribution in [3.8, 4) is 0 Å². The number of benzene rings is 4. The van der Waals surface area contributed by atoms with Crippen LogP contribution in [0.25, 0.3) is 19.6 Å². The predicted octanol–water partition coefficient (Wildman–Crippen LogP) is 8.92. The molecule has 0 unspecified atom stereocenters. The van der Waals surface area contributed by atoms with E-state index in [0.717, 1.165) is 36.3 Å². The maximum Gasteiger partial charge on any atom is 0 e. The molecule has 4 aromatic rings. The van der Waals surface area contributed by atoms with Gasteiger partial charge in [-0.3, -0.25) is 0 Å². The fraction of sp³-hybridized carbons (Fsp3) is 0.263. The Morgan fingerprint density at radius 3 is 1.60 bits per heavy atom. The molecule has 0 atom stereocenters. The molecule has 0 amide bonds. The van der Waals surface area contributed by atoms with Crippen molar-refractivity contribution in [3.05, 3.63) is 130 Å². The van der Waals surface area contributed by atoms with Crippen molar-refractivity contribution in [2.24, 2.45) is 0 Å². The summed E-state index contributed by atoms with van der Waals surface area (Å²) in [6.07, 6.45) is 5.24. The van der Waals surface area contributed by atoms with Gasteiger partial charge in [0, 0.05) is 16.5 Å². The van der Waals surface area contributed by atoms with Gasteiger partial charge in [0.2, 0.25) is 0 Å². The molecule has 45 heavy (non-hydrogen) atoms. The minimum absolute atomic E-state index is 0. The zero-order chi connectivity index (χ0) is 31.9. The smallest absolute Gasteiger partial charge is 0 e. The van der Waals surface area contributed by atoms with Crippen molar-refractivity contribution in [2.45, 2.75) is 62.3 Å². The van der Waals surface area contributed by atoms with Gasteiger partial charge in [-0.15, -0.1) is 0 Å². The Kier molecular flexibility index (Phi) is 19.9. The molecule has 0 aromatic heterocycles. The van der Waals surface area contributed by atoms with Crippen LogP contribution in [-0.2, 0) is 67.0 Å². The summed E-state index contributed by atoms with van der Waals surface area (Å²) in [5.41, 5.74) is 6.94. The van der Waals surface area contributed by atoms with E-state index in [1.54, 1.807) is 0 Å². The Hall–Kier alpha value is -0.669. The van der Waals surface area contributed by atoms with Crippen LogP contribution in [0, 0.1) is 13.8 Å². The SMILES string of the molecule is CCC[CH2][Sn][c]1ccc(C)c(/C([S-])=C(/[S-])c2ccccc2)c1.CCC[CH2][Sn][c]1ccc(C)cc1/C([S-])=C(/[S-])c1ccccc1.[Ni]. The molecular formula is C38H40NiS4Sn2-4. The Balaban J connectivity index is 0.000000307. The summed E-state index contributed by atoms with van der Waals surface area (Å²) in [7, 11) is 0. The molecule has 0 aliphatic rings. The van der Waals surface area contributed by atoms with Crippen LogP contribution >= 0.6 is 0 Å². The quantitative estimate of drug-likeness (QED) is 0.0603. The van der Waals surface area contributed by atoms with Crippen LogP contribution in [-0.4, -0.2) is 42.3 Å². The Bertz CT molecular complexity index is 1540. The van der Waals surface area contributed by atoms with Gasteiger partial charge in [-0.2, -0.15) is 0 Å². The van der Waals surface area contributed by atoms with Crippen LogP contribution in [0.1, 0.15) is 72.9 Å². The molecule has 0 saturated carbocycles. The van der Waals surface area contributed by atoms with Gasteiger partial charge in [-0.1, -0.05) is 0 Å². The van der Waals surface area contributed by atoms with E-state index in [-0.39, 0.29) is 16.5 Å². The van der Waals surface area contributed by atoms with E-state index in [9.17, 15) is 0 Å². The second-order valence-corrected chi connectivity index (χ2v) is 20.4. The molecule has 0 saturated heterocycles. The van der Waals surface area contributed by atoms with Gasteiger partial charge < -0.3 is 0 Å². The van der Waals surface area contributed by atoms with E-state index in [2.05, 4.69) is 64.1 Å². The number of hydrogen-bond donors (Lipinski definition) is 0. The standard InChI is InChI=1S/2C15H13S2.2C4H9.Ni.2Sn/c1-11-7-5-6-10-13(11)15(17)14(16)12-8-3-2-4-9-12;1-11-6-5-9-13(10-11)15(17)14(16)12-7-3-2-4-8-12;2*1-3-4-2;;;/h2-5,7-10,16-17H,1H3;2-8,10,16-17H,1H3;2*1,3-4H2,2H3;;;/p-4/b2*15-14-;;;;;. The topological polar surface area (TPSA) is 0 Å². The molecule has 4 rings (SSSR count). The summed E-state index contributed by atoms with van der Waals surface area (Å²) in [5.74, 6) is 0. The molecule has 238 valence electrons. The molecule has 0 spiro atoms. The first-order chi connectivity index (χ1) is 21.3. The van der Waals surface area contributed by atoms with Crippen LogP contribution in [0.5, 0.6) is 0 Å². The molecule has 4 aromatic carbocycles. The van der Waals surface area contributed by atoms with Crippen LogP contribution in [0.15, 0.2) is 97.1 Å². The van der Waals surface area contributed by atoms with Gasteiger partial charge >= 0.3 is 312 Å². The van der Waals surface area contributed by atoms with E-state index in [1.165, 1.54) is 58.4 Å². The van der Waals surface area contributed by atoms with Gasteiger partial charge in [0.1, 0.15) is 0 Å². The molecule has 0 heterocycles. The summed E-state index contributed by atoms with van der Waals surface area (Å²) >= 11 is 21.6. The van der Waals surface area contributed by atoms with Gasteiger partial charge in [0.15, 0.2) is 0 Å². The van der Waals surface area contributed by atoms with E-state index in [1.807, 2.05) is 60.7 Å². The summed E-state index contributed by atoms with van der Waals surface area (Å²) in [4.78, 5) is 3.25. The third kappa shape index (κ3) is 13.0. The van der Waals surface area contributed by atoms with Crippen LogP contribution in [0.4, 0.5) is 0 Å². The normalized spacial score (nSPS) is 11.8.